The smallest absolute Gasteiger partial charge is 0.128 e. The molecular formula is C11H13FN2. The van der Waals surface area contributed by atoms with Gasteiger partial charge in [0, 0.05) is 24.7 Å². The van der Waals surface area contributed by atoms with Gasteiger partial charge in [-0.15, -0.1) is 0 Å². The minimum Gasteiger partial charge on any atom is -0.275 e. The average molecular weight is 192 g/mol. The van der Waals surface area contributed by atoms with Gasteiger partial charge in [0.2, 0.25) is 0 Å². The third-order valence-electron chi connectivity index (χ3n) is 2.31. The second kappa shape index (κ2) is 3.40. The summed E-state index contributed by atoms with van der Waals surface area (Å²) in [6.45, 7) is 2.05. The fourth-order valence-electron chi connectivity index (χ4n) is 1.68. The highest BCUT2D eigenvalue weighted by atomic mass is 19.1. The van der Waals surface area contributed by atoms with Crippen LogP contribution in [-0.2, 0) is 13.5 Å². The van der Waals surface area contributed by atoms with Gasteiger partial charge in [-0.05, 0) is 18.1 Å². The molecule has 0 amide bonds. The van der Waals surface area contributed by atoms with Crippen LogP contribution in [0.1, 0.15) is 18.9 Å². The molecule has 1 heterocycles. The molecule has 0 aliphatic rings. The van der Waals surface area contributed by atoms with Crippen molar-refractivity contribution in [1.82, 2.24) is 9.78 Å². The first-order valence-electron chi connectivity index (χ1n) is 4.82. The molecule has 2 rings (SSSR count). The van der Waals surface area contributed by atoms with Crippen molar-refractivity contribution in [3.05, 3.63) is 29.7 Å². The Labute approximate surface area is 82.3 Å². The van der Waals surface area contributed by atoms with Crippen molar-refractivity contribution in [2.75, 3.05) is 0 Å². The molecule has 0 unspecified atom stereocenters. The van der Waals surface area contributed by atoms with Crippen LogP contribution in [-0.4, -0.2) is 9.78 Å². The van der Waals surface area contributed by atoms with Crippen molar-refractivity contribution in [3.8, 4) is 0 Å². The molecule has 3 heteroatoms. The Morgan fingerprint density at radius 2 is 2.21 bits per heavy atom. The molecule has 0 radical (unpaired) electrons. The molecule has 0 bridgehead atoms. The van der Waals surface area contributed by atoms with E-state index in [-0.39, 0.29) is 5.82 Å². The number of nitrogens with zero attached hydrogens (tertiary/aromatic N) is 2. The Bertz CT molecular complexity index is 460. The highest BCUT2D eigenvalue weighted by Crippen LogP contribution is 2.18. The van der Waals surface area contributed by atoms with Gasteiger partial charge in [-0.25, -0.2) is 4.39 Å². The Morgan fingerprint density at radius 3 is 2.93 bits per heavy atom. The molecule has 1 aromatic carbocycles. The van der Waals surface area contributed by atoms with Gasteiger partial charge in [-0.1, -0.05) is 13.3 Å². The quantitative estimate of drug-likeness (QED) is 0.715. The summed E-state index contributed by atoms with van der Waals surface area (Å²) in [6.07, 6.45) is 3.66. The lowest BCUT2D eigenvalue weighted by Crippen LogP contribution is -1.89. The Hall–Kier alpha value is -1.38. The van der Waals surface area contributed by atoms with E-state index >= 15 is 0 Å². The largest absolute Gasteiger partial charge is 0.275 e. The zero-order chi connectivity index (χ0) is 10.1. The first kappa shape index (κ1) is 9.19. The Kier molecular flexibility index (Phi) is 2.23. The predicted molar refractivity (Wildman–Crippen MR) is 54.7 cm³/mol. The molecule has 1 aromatic heterocycles. The van der Waals surface area contributed by atoms with Crippen LogP contribution in [0.15, 0.2) is 18.3 Å². The number of fused-ring (bicyclic) bond motifs is 1. The van der Waals surface area contributed by atoms with Crippen molar-refractivity contribution in [3.63, 3.8) is 0 Å². The third kappa shape index (κ3) is 1.50. The zero-order valence-electron chi connectivity index (χ0n) is 8.42. The van der Waals surface area contributed by atoms with Gasteiger partial charge in [-0.3, -0.25) is 4.68 Å². The second-order valence-corrected chi connectivity index (χ2v) is 3.56. The normalized spacial score (nSPS) is 11.1. The molecular weight excluding hydrogens is 179 g/mol. The first-order chi connectivity index (χ1) is 6.70. The van der Waals surface area contributed by atoms with E-state index in [0.717, 1.165) is 29.3 Å². The first-order valence-corrected chi connectivity index (χ1v) is 4.82. The molecule has 0 spiro atoms. The summed E-state index contributed by atoms with van der Waals surface area (Å²) >= 11 is 0. The maximum Gasteiger partial charge on any atom is 0.128 e. The molecule has 0 atom stereocenters. The third-order valence-corrected chi connectivity index (χ3v) is 2.31. The second-order valence-electron chi connectivity index (χ2n) is 3.56. The molecule has 2 nitrogen and oxygen atoms in total. The van der Waals surface area contributed by atoms with E-state index < -0.39 is 0 Å². The molecule has 2 aromatic rings. The van der Waals surface area contributed by atoms with Gasteiger partial charge >= 0.3 is 0 Å². The van der Waals surface area contributed by atoms with Gasteiger partial charge in [-0.2, -0.15) is 5.10 Å². The highest BCUT2D eigenvalue weighted by molar-refractivity contribution is 5.78. The monoisotopic (exact) mass is 192 g/mol. The maximum atomic E-state index is 13.5. The standard InChI is InChI=1S/C11H13FN2/c1-3-4-8-5-9-7-14(2)13-11(9)6-10(8)12/h5-7H,3-4H2,1-2H3. The summed E-state index contributed by atoms with van der Waals surface area (Å²) in [4.78, 5) is 0. The van der Waals surface area contributed by atoms with Gasteiger partial charge < -0.3 is 0 Å². The summed E-state index contributed by atoms with van der Waals surface area (Å²) in [5.74, 6) is -0.141. The van der Waals surface area contributed by atoms with Crippen molar-refractivity contribution in [2.45, 2.75) is 19.8 Å². The summed E-state index contributed by atoms with van der Waals surface area (Å²) in [6, 6.07) is 3.40. The Morgan fingerprint density at radius 1 is 1.43 bits per heavy atom. The van der Waals surface area contributed by atoms with Crippen molar-refractivity contribution in [1.29, 1.82) is 0 Å². The van der Waals surface area contributed by atoms with Crippen LogP contribution in [0, 0.1) is 5.82 Å². The fourth-order valence-corrected chi connectivity index (χ4v) is 1.68. The summed E-state index contributed by atoms with van der Waals surface area (Å²) in [5, 5.41) is 5.16. The summed E-state index contributed by atoms with van der Waals surface area (Å²) < 4.78 is 15.2. The van der Waals surface area contributed by atoms with Crippen molar-refractivity contribution >= 4 is 10.9 Å². The minimum absolute atomic E-state index is 0.141. The van der Waals surface area contributed by atoms with Crippen molar-refractivity contribution < 1.29 is 4.39 Å². The molecule has 14 heavy (non-hydrogen) atoms. The number of aryl methyl sites for hydroxylation is 2. The maximum absolute atomic E-state index is 13.5. The van der Waals surface area contributed by atoms with Gasteiger partial charge in [0.1, 0.15) is 5.82 Å². The van der Waals surface area contributed by atoms with Crippen molar-refractivity contribution in [2.24, 2.45) is 7.05 Å². The van der Waals surface area contributed by atoms with Crippen LogP contribution < -0.4 is 0 Å². The zero-order valence-corrected chi connectivity index (χ0v) is 8.42. The number of aromatic nitrogens is 2. The predicted octanol–water partition coefficient (Wildman–Crippen LogP) is 2.66. The summed E-state index contributed by atoms with van der Waals surface area (Å²) in [7, 11) is 1.84. The van der Waals surface area contributed by atoms with E-state index in [2.05, 4.69) is 5.10 Å². The lowest BCUT2D eigenvalue weighted by Gasteiger charge is -1.99. The molecule has 0 aliphatic carbocycles. The number of hydrogen-bond donors (Lipinski definition) is 0. The molecule has 0 saturated carbocycles. The number of benzene rings is 1. The molecule has 0 saturated heterocycles. The minimum atomic E-state index is -0.141. The van der Waals surface area contributed by atoms with E-state index in [1.54, 1.807) is 4.68 Å². The van der Waals surface area contributed by atoms with Crippen LogP contribution in [0.25, 0.3) is 10.9 Å². The average Bonchev–Trinajstić information content (AvgIpc) is 2.45. The highest BCUT2D eigenvalue weighted by Gasteiger charge is 2.06. The number of halogens is 1. The Balaban J connectivity index is 2.58. The van der Waals surface area contributed by atoms with E-state index in [4.69, 9.17) is 0 Å². The lowest BCUT2D eigenvalue weighted by molar-refractivity contribution is 0.609. The topological polar surface area (TPSA) is 17.8 Å². The van der Waals surface area contributed by atoms with Crippen LogP contribution in [0.5, 0.6) is 0 Å². The van der Waals surface area contributed by atoms with E-state index in [1.165, 1.54) is 6.07 Å². The van der Waals surface area contributed by atoms with Crippen LogP contribution in [0.2, 0.25) is 0 Å². The molecule has 0 N–H and O–H groups in total. The van der Waals surface area contributed by atoms with Crippen LogP contribution in [0.4, 0.5) is 4.39 Å². The fraction of sp³-hybridized carbons (Fsp3) is 0.364. The van der Waals surface area contributed by atoms with E-state index in [1.807, 2.05) is 26.2 Å². The van der Waals surface area contributed by atoms with E-state index in [0.29, 0.717) is 0 Å². The van der Waals surface area contributed by atoms with Crippen LogP contribution in [0.3, 0.4) is 0 Å². The molecule has 0 fully saturated rings. The van der Waals surface area contributed by atoms with Crippen LogP contribution >= 0.6 is 0 Å². The number of hydrogen-bond acceptors (Lipinski definition) is 1. The van der Waals surface area contributed by atoms with Gasteiger partial charge in [0.25, 0.3) is 0 Å². The molecule has 0 aliphatic heterocycles. The molecule has 74 valence electrons. The SMILES string of the molecule is CCCc1cc2cn(C)nc2cc1F. The number of rotatable bonds is 2. The lowest BCUT2D eigenvalue weighted by atomic mass is 10.1. The summed E-state index contributed by atoms with van der Waals surface area (Å²) in [5.41, 5.74) is 1.51. The van der Waals surface area contributed by atoms with E-state index in [9.17, 15) is 4.39 Å². The van der Waals surface area contributed by atoms with Gasteiger partial charge in [0.05, 0.1) is 5.52 Å². The van der Waals surface area contributed by atoms with Gasteiger partial charge in [0.15, 0.2) is 0 Å².